The molecule has 0 spiro atoms. The lowest BCUT2D eigenvalue weighted by molar-refractivity contribution is 0.288. The molecule has 0 saturated carbocycles. The lowest BCUT2D eigenvalue weighted by atomic mass is 10.2. The summed E-state index contributed by atoms with van der Waals surface area (Å²) in [5.41, 5.74) is 2.33. The van der Waals surface area contributed by atoms with Crippen LogP contribution in [0.15, 0.2) is 24.3 Å². The summed E-state index contributed by atoms with van der Waals surface area (Å²) >= 11 is 0. The van der Waals surface area contributed by atoms with Crippen molar-refractivity contribution in [2.24, 2.45) is 0 Å². The molecule has 0 atom stereocenters. The molecule has 1 aromatic carbocycles. The van der Waals surface area contributed by atoms with Gasteiger partial charge in [0.2, 0.25) is 0 Å². The zero-order valence-electron chi connectivity index (χ0n) is 7.38. The Morgan fingerprint density at radius 3 is 3.15 bits per heavy atom. The van der Waals surface area contributed by atoms with Crippen LogP contribution in [0.4, 0.5) is 0 Å². The smallest absolute Gasteiger partial charge is 0.0456 e. The van der Waals surface area contributed by atoms with Crippen molar-refractivity contribution in [2.45, 2.75) is 12.8 Å². The van der Waals surface area contributed by atoms with Crippen LogP contribution in [0, 0.1) is 6.07 Å². The van der Waals surface area contributed by atoms with E-state index in [9.17, 15) is 0 Å². The summed E-state index contributed by atoms with van der Waals surface area (Å²) in [7, 11) is 0. The molecule has 0 aliphatic rings. The van der Waals surface area contributed by atoms with Crippen molar-refractivity contribution in [3.8, 4) is 0 Å². The third-order valence-corrected chi connectivity index (χ3v) is 2.13. The van der Waals surface area contributed by atoms with Crippen LogP contribution in [-0.2, 0) is 6.42 Å². The predicted molar refractivity (Wildman–Crippen MR) is 52.5 cm³/mol. The summed E-state index contributed by atoms with van der Waals surface area (Å²) < 4.78 is 0. The van der Waals surface area contributed by atoms with E-state index >= 15 is 0 Å². The molecule has 0 saturated heterocycles. The van der Waals surface area contributed by atoms with Crippen LogP contribution in [-0.4, -0.2) is 16.7 Å². The average Bonchev–Trinajstić information content (AvgIpc) is 2.57. The topological polar surface area (TPSA) is 36.0 Å². The molecular formula is C11H12NO. The molecule has 0 bridgehead atoms. The van der Waals surface area contributed by atoms with E-state index in [2.05, 4.69) is 17.1 Å². The van der Waals surface area contributed by atoms with Crippen LogP contribution in [0.25, 0.3) is 10.9 Å². The van der Waals surface area contributed by atoms with Crippen molar-refractivity contribution in [3.05, 3.63) is 36.0 Å². The minimum atomic E-state index is 0.251. The average molecular weight is 174 g/mol. The highest BCUT2D eigenvalue weighted by molar-refractivity contribution is 5.79. The lowest BCUT2D eigenvalue weighted by Crippen LogP contribution is -1.88. The molecule has 2 rings (SSSR count). The number of aliphatic hydroxyl groups excluding tert-OH is 1. The number of aliphatic hydroxyl groups is 1. The molecule has 0 amide bonds. The summed E-state index contributed by atoms with van der Waals surface area (Å²) in [6.07, 6.45) is 1.72. The molecular weight excluding hydrogens is 162 g/mol. The Hall–Kier alpha value is -1.28. The number of fused-ring (bicyclic) bond motifs is 1. The van der Waals surface area contributed by atoms with Crippen LogP contribution in [0.2, 0.25) is 0 Å². The highest BCUT2D eigenvalue weighted by Crippen LogP contribution is 2.14. The number of nitrogens with one attached hydrogen (secondary N) is 1. The number of aryl methyl sites for hydroxylation is 1. The zero-order valence-corrected chi connectivity index (χ0v) is 7.38. The molecule has 2 heteroatoms. The number of rotatable bonds is 3. The van der Waals surface area contributed by atoms with Crippen LogP contribution in [0.1, 0.15) is 12.1 Å². The molecule has 2 N–H and O–H groups in total. The van der Waals surface area contributed by atoms with Gasteiger partial charge in [-0.2, -0.15) is 0 Å². The molecule has 0 fully saturated rings. The summed E-state index contributed by atoms with van der Waals surface area (Å²) in [6, 6.07) is 11.0. The first-order valence-electron chi connectivity index (χ1n) is 4.49. The van der Waals surface area contributed by atoms with Crippen molar-refractivity contribution >= 4 is 10.9 Å². The van der Waals surface area contributed by atoms with Gasteiger partial charge >= 0.3 is 0 Å². The Balaban J connectivity index is 2.28. The lowest BCUT2D eigenvalue weighted by Gasteiger charge is -1.92. The molecule has 2 aromatic rings. The molecule has 1 radical (unpaired) electrons. The number of hydrogen-bond acceptors (Lipinski definition) is 1. The van der Waals surface area contributed by atoms with Gasteiger partial charge in [0.05, 0.1) is 0 Å². The summed E-state index contributed by atoms with van der Waals surface area (Å²) in [5, 5.41) is 9.87. The van der Waals surface area contributed by atoms with E-state index in [0.29, 0.717) is 0 Å². The Morgan fingerprint density at radius 2 is 2.38 bits per heavy atom. The number of H-pyrrole nitrogens is 1. The van der Waals surface area contributed by atoms with E-state index in [0.717, 1.165) is 18.4 Å². The van der Waals surface area contributed by atoms with Crippen LogP contribution in [0.5, 0.6) is 0 Å². The van der Waals surface area contributed by atoms with Gasteiger partial charge in [-0.1, -0.05) is 6.07 Å². The van der Waals surface area contributed by atoms with Crippen molar-refractivity contribution in [1.29, 1.82) is 0 Å². The number of benzene rings is 1. The van der Waals surface area contributed by atoms with E-state index in [1.54, 1.807) is 0 Å². The number of aromatic amines is 1. The minimum absolute atomic E-state index is 0.251. The fourth-order valence-electron chi connectivity index (χ4n) is 1.48. The van der Waals surface area contributed by atoms with Gasteiger partial charge in [0.1, 0.15) is 0 Å². The van der Waals surface area contributed by atoms with Crippen molar-refractivity contribution in [1.82, 2.24) is 4.98 Å². The second kappa shape index (κ2) is 3.62. The second-order valence-corrected chi connectivity index (χ2v) is 3.14. The van der Waals surface area contributed by atoms with E-state index in [1.165, 1.54) is 11.1 Å². The predicted octanol–water partition coefficient (Wildman–Crippen LogP) is 1.89. The van der Waals surface area contributed by atoms with Crippen molar-refractivity contribution in [2.75, 3.05) is 6.61 Å². The Kier molecular flexibility index (Phi) is 2.32. The fraction of sp³-hybridized carbons (Fsp3) is 0.273. The quantitative estimate of drug-likeness (QED) is 0.732. The molecule has 0 aliphatic heterocycles. The first-order chi connectivity index (χ1) is 6.40. The summed E-state index contributed by atoms with van der Waals surface area (Å²) in [6.45, 7) is 0.251. The van der Waals surface area contributed by atoms with Crippen molar-refractivity contribution in [3.63, 3.8) is 0 Å². The maximum absolute atomic E-state index is 8.68. The van der Waals surface area contributed by atoms with Gasteiger partial charge in [0, 0.05) is 23.2 Å². The number of aromatic nitrogens is 1. The third-order valence-electron chi connectivity index (χ3n) is 2.13. The molecule has 0 aliphatic carbocycles. The Morgan fingerprint density at radius 1 is 1.46 bits per heavy atom. The Bertz CT molecular complexity index is 359. The fourth-order valence-corrected chi connectivity index (χ4v) is 1.48. The SMILES string of the molecule is OCCCc1cc2c[c]ccc2[nH]1. The highest BCUT2D eigenvalue weighted by Gasteiger charge is 1.98. The molecule has 1 aromatic heterocycles. The number of hydrogen-bond donors (Lipinski definition) is 2. The van der Waals surface area contributed by atoms with E-state index in [1.807, 2.05) is 18.2 Å². The largest absolute Gasteiger partial charge is 0.396 e. The van der Waals surface area contributed by atoms with Gasteiger partial charge in [-0.05, 0) is 37.1 Å². The molecule has 1 heterocycles. The summed E-state index contributed by atoms with van der Waals surface area (Å²) in [5.74, 6) is 0. The summed E-state index contributed by atoms with van der Waals surface area (Å²) in [4.78, 5) is 3.30. The molecule has 2 nitrogen and oxygen atoms in total. The standard InChI is InChI=1S/C11H12NO/c13-7-3-5-10-8-9-4-1-2-6-11(9)12-10/h2,4,6,8,12-13H,3,5,7H2. The third kappa shape index (κ3) is 1.73. The maximum Gasteiger partial charge on any atom is 0.0456 e. The van der Waals surface area contributed by atoms with Gasteiger partial charge in [0.25, 0.3) is 0 Å². The second-order valence-electron chi connectivity index (χ2n) is 3.14. The van der Waals surface area contributed by atoms with Gasteiger partial charge < -0.3 is 10.1 Å². The van der Waals surface area contributed by atoms with Gasteiger partial charge in [0.15, 0.2) is 0 Å². The van der Waals surface area contributed by atoms with Crippen LogP contribution >= 0.6 is 0 Å². The first-order valence-corrected chi connectivity index (χ1v) is 4.49. The normalized spacial score (nSPS) is 10.8. The Labute approximate surface area is 77.2 Å². The van der Waals surface area contributed by atoms with Crippen molar-refractivity contribution < 1.29 is 5.11 Å². The first kappa shape index (κ1) is 8.32. The van der Waals surface area contributed by atoms with E-state index in [4.69, 9.17) is 5.11 Å². The highest BCUT2D eigenvalue weighted by atomic mass is 16.2. The van der Waals surface area contributed by atoms with E-state index in [-0.39, 0.29) is 6.61 Å². The monoisotopic (exact) mass is 174 g/mol. The van der Waals surface area contributed by atoms with Gasteiger partial charge in [-0.3, -0.25) is 0 Å². The molecule has 67 valence electrons. The van der Waals surface area contributed by atoms with Crippen LogP contribution in [0.3, 0.4) is 0 Å². The molecule has 0 unspecified atom stereocenters. The van der Waals surface area contributed by atoms with Crippen LogP contribution < -0.4 is 0 Å². The maximum atomic E-state index is 8.68. The van der Waals surface area contributed by atoms with Gasteiger partial charge in [-0.25, -0.2) is 0 Å². The van der Waals surface area contributed by atoms with Gasteiger partial charge in [-0.15, -0.1) is 0 Å². The molecule has 13 heavy (non-hydrogen) atoms. The zero-order chi connectivity index (χ0) is 9.10. The van der Waals surface area contributed by atoms with E-state index < -0.39 is 0 Å². The minimum Gasteiger partial charge on any atom is -0.396 e.